The summed E-state index contributed by atoms with van der Waals surface area (Å²) in [5.74, 6) is 0. The zero-order valence-corrected chi connectivity index (χ0v) is 13.7. The van der Waals surface area contributed by atoms with Gasteiger partial charge in [-0.25, -0.2) is 0 Å². The summed E-state index contributed by atoms with van der Waals surface area (Å²) in [6, 6.07) is 11.1. The SMILES string of the molecule is CCCNCC(CC)(CCC1CCCO1)c1ccccc1. The zero-order valence-electron chi connectivity index (χ0n) is 13.7. The Labute approximate surface area is 130 Å². The summed E-state index contributed by atoms with van der Waals surface area (Å²) >= 11 is 0. The molecule has 1 aromatic rings. The van der Waals surface area contributed by atoms with Crippen molar-refractivity contribution in [2.45, 2.75) is 63.9 Å². The van der Waals surface area contributed by atoms with Gasteiger partial charge < -0.3 is 10.1 Å². The number of ether oxygens (including phenoxy) is 1. The van der Waals surface area contributed by atoms with Gasteiger partial charge in [0.25, 0.3) is 0 Å². The van der Waals surface area contributed by atoms with E-state index in [1.54, 1.807) is 0 Å². The summed E-state index contributed by atoms with van der Waals surface area (Å²) in [6.45, 7) is 7.71. The highest BCUT2D eigenvalue weighted by Crippen LogP contribution is 2.34. The second-order valence-corrected chi connectivity index (χ2v) is 6.35. The molecular weight excluding hydrogens is 258 g/mol. The first-order valence-corrected chi connectivity index (χ1v) is 8.68. The van der Waals surface area contributed by atoms with Gasteiger partial charge in [-0.2, -0.15) is 0 Å². The van der Waals surface area contributed by atoms with Crippen LogP contribution in [0.25, 0.3) is 0 Å². The van der Waals surface area contributed by atoms with Crippen LogP contribution in [0.3, 0.4) is 0 Å². The van der Waals surface area contributed by atoms with E-state index >= 15 is 0 Å². The number of hydrogen-bond donors (Lipinski definition) is 1. The first kappa shape index (κ1) is 16.5. The molecule has 0 saturated carbocycles. The van der Waals surface area contributed by atoms with Crippen molar-refractivity contribution >= 4 is 0 Å². The highest BCUT2D eigenvalue weighted by atomic mass is 16.5. The van der Waals surface area contributed by atoms with Gasteiger partial charge in [0.2, 0.25) is 0 Å². The minimum atomic E-state index is 0.252. The predicted octanol–water partition coefficient (Wildman–Crippen LogP) is 4.29. The molecule has 2 atom stereocenters. The second kappa shape index (κ2) is 8.55. The van der Waals surface area contributed by atoms with E-state index in [1.807, 2.05) is 0 Å². The number of hydrogen-bond acceptors (Lipinski definition) is 2. The van der Waals surface area contributed by atoms with Crippen LogP contribution in [-0.4, -0.2) is 25.8 Å². The molecule has 118 valence electrons. The number of benzene rings is 1. The van der Waals surface area contributed by atoms with Gasteiger partial charge in [-0.15, -0.1) is 0 Å². The van der Waals surface area contributed by atoms with Crippen LogP contribution in [0.2, 0.25) is 0 Å². The van der Waals surface area contributed by atoms with Crippen molar-refractivity contribution in [1.29, 1.82) is 0 Å². The Balaban J connectivity index is 2.06. The maximum Gasteiger partial charge on any atom is 0.0576 e. The summed E-state index contributed by atoms with van der Waals surface area (Å²) < 4.78 is 5.83. The minimum absolute atomic E-state index is 0.252. The summed E-state index contributed by atoms with van der Waals surface area (Å²) in [5, 5.41) is 3.66. The van der Waals surface area contributed by atoms with Gasteiger partial charge in [-0.1, -0.05) is 44.2 Å². The van der Waals surface area contributed by atoms with Crippen LogP contribution < -0.4 is 5.32 Å². The molecule has 0 bridgehead atoms. The van der Waals surface area contributed by atoms with E-state index in [0.717, 1.165) is 19.7 Å². The van der Waals surface area contributed by atoms with Gasteiger partial charge in [-0.3, -0.25) is 0 Å². The number of rotatable bonds is 9. The van der Waals surface area contributed by atoms with Crippen molar-refractivity contribution < 1.29 is 4.74 Å². The summed E-state index contributed by atoms with van der Waals surface area (Å²) in [4.78, 5) is 0. The Kier molecular flexibility index (Phi) is 6.72. The quantitative estimate of drug-likeness (QED) is 0.685. The lowest BCUT2D eigenvalue weighted by Gasteiger charge is -2.35. The van der Waals surface area contributed by atoms with Crippen LogP contribution in [0.5, 0.6) is 0 Å². The molecule has 1 heterocycles. The van der Waals surface area contributed by atoms with Gasteiger partial charge in [-0.05, 0) is 50.6 Å². The third kappa shape index (κ3) is 4.55. The lowest BCUT2D eigenvalue weighted by atomic mass is 9.73. The smallest absolute Gasteiger partial charge is 0.0576 e. The summed E-state index contributed by atoms with van der Waals surface area (Å²) in [7, 11) is 0. The monoisotopic (exact) mass is 289 g/mol. The highest BCUT2D eigenvalue weighted by molar-refractivity contribution is 5.26. The Morgan fingerprint density at radius 3 is 2.67 bits per heavy atom. The lowest BCUT2D eigenvalue weighted by molar-refractivity contribution is 0.0948. The van der Waals surface area contributed by atoms with E-state index in [1.165, 1.54) is 44.1 Å². The molecule has 1 aliphatic rings. The molecule has 1 aliphatic heterocycles. The molecule has 0 spiro atoms. The Morgan fingerprint density at radius 1 is 1.24 bits per heavy atom. The molecule has 2 nitrogen and oxygen atoms in total. The van der Waals surface area contributed by atoms with Crippen molar-refractivity contribution in [2.24, 2.45) is 0 Å². The largest absolute Gasteiger partial charge is 0.378 e. The third-order valence-electron chi connectivity index (χ3n) is 4.92. The van der Waals surface area contributed by atoms with Crippen molar-refractivity contribution in [1.82, 2.24) is 5.32 Å². The standard InChI is InChI=1S/C19H31NO/c1-3-14-20-16-19(4-2,17-9-6-5-7-10-17)13-12-18-11-8-15-21-18/h5-7,9-10,18,20H,3-4,8,11-16H2,1-2H3. The van der Waals surface area contributed by atoms with Crippen LogP contribution in [0, 0.1) is 0 Å². The first-order chi connectivity index (χ1) is 10.3. The molecule has 1 aromatic carbocycles. The van der Waals surface area contributed by atoms with Crippen LogP contribution in [0.15, 0.2) is 30.3 Å². The fourth-order valence-corrected chi connectivity index (χ4v) is 3.45. The molecule has 21 heavy (non-hydrogen) atoms. The van der Waals surface area contributed by atoms with Gasteiger partial charge in [0.15, 0.2) is 0 Å². The Bertz CT molecular complexity index is 386. The molecule has 1 saturated heterocycles. The van der Waals surface area contributed by atoms with E-state index in [0.29, 0.717) is 6.10 Å². The first-order valence-electron chi connectivity index (χ1n) is 8.68. The molecule has 2 unspecified atom stereocenters. The Morgan fingerprint density at radius 2 is 2.05 bits per heavy atom. The lowest BCUT2D eigenvalue weighted by Crippen LogP contribution is -2.39. The Hall–Kier alpha value is -0.860. The van der Waals surface area contributed by atoms with Gasteiger partial charge in [0, 0.05) is 18.6 Å². The second-order valence-electron chi connectivity index (χ2n) is 6.35. The average molecular weight is 289 g/mol. The molecule has 1 N–H and O–H groups in total. The van der Waals surface area contributed by atoms with E-state index in [-0.39, 0.29) is 5.41 Å². The van der Waals surface area contributed by atoms with E-state index in [9.17, 15) is 0 Å². The zero-order chi connectivity index (χ0) is 15.0. The third-order valence-corrected chi connectivity index (χ3v) is 4.92. The average Bonchev–Trinajstić information content (AvgIpc) is 3.05. The van der Waals surface area contributed by atoms with Crippen molar-refractivity contribution in [2.75, 3.05) is 19.7 Å². The molecular formula is C19H31NO. The van der Waals surface area contributed by atoms with Crippen molar-refractivity contribution in [3.05, 3.63) is 35.9 Å². The maximum absolute atomic E-state index is 5.83. The van der Waals surface area contributed by atoms with E-state index in [2.05, 4.69) is 49.5 Å². The highest BCUT2D eigenvalue weighted by Gasteiger charge is 2.31. The molecule has 0 aromatic heterocycles. The van der Waals surface area contributed by atoms with Gasteiger partial charge in [0.1, 0.15) is 0 Å². The fourth-order valence-electron chi connectivity index (χ4n) is 3.45. The van der Waals surface area contributed by atoms with E-state index < -0.39 is 0 Å². The van der Waals surface area contributed by atoms with Crippen molar-refractivity contribution in [3.63, 3.8) is 0 Å². The van der Waals surface area contributed by atoms with Crippen LogP contribution >= 0.6 is 0 Å². The van der Waals surface area contributed by atoms with Crippen LogP contribution in [0.1, 0.15) is 57.9 Å². The predicted molar refractivity (Wildman–Crippen MR) is 89.8 cm³/mol. The molecule has 0 aliphatic carbocycles. The van der Waals surface area contributed by atoms with Crippen LogP contribution in [-0.2, 0) is 10.2 Å². The summed E-state index contributed by atoms with van der Waals surface area (Å²) in [6.07, 6.45) is 7.76. The van der Waals surface area contributed by atoms with Gasteiger partial charge >= 0.3 is 0 Å². The summed E-state index contributed by atoms with van der Waals surface area (Å²) in [5.41, 5.74) is 1.73. The van der Waals surface area contributed by atoms with E-state index in [4.69, 9.17) is 4.74 Å². The molecule has 1 fully saturated rings. The van der Waals surface area contributed by atoms with Crippen LogP contribution in [0.4, 0.5) is 0 Å². The normalized spacial score (nSPS) is 21.3. The maximum atomic E-state index is 5.83. The molecule has 0 amide bonds. The minimum Gasteiger partial charge on any atom is -0.378 e. The van der Waals surface area contributed by atoms with Gasteiger partial charge in [0.05, 0.1) is 6.10 Å². The molecule has 0 radical (unpaired) electrons. The number of nitrogens with one attached hydrogen (secondary N) is 1. The fraction of sp³-hybridized carbons (Fsp3) is 0.684. The molecule has 2 heteroatoms. The topological polar surface area (TPSA) is 21.3 Å². The molecule has 2 rings (SSSR count). The van der Waals surface area contributed by atoms with Crippen molar-refractivity contribution in [3.8, 4) is 0 Å².